The van der Waals surface area contributed by atoms with Gasteiger partial charge in [0.2, 0.25) is 5.69 Å². The van der Waals surface area contributed by atoms with Gasteiger partial charge in [-0.05, 0) is 76.3 Å². The van der Waals surface area contributed by atoms with Gasteiger partial charge >= 0.3 is 0 Å². The first kappa shape index (κ1) is 38.5. The monoisotopic (exact) mass is 709 g/mol. The lowest BCUT2D eigenvalue weighted by molar-refractivity contribution is -0.438. The molecule has 8 nitrogen and oxygen atoms in total. The molecule has 0 unspecified atom stereocenters. The molecule has 2 aromatic carbocycles. The highest BCUT2D eigenvalue weighted by Crippen LogP contribution is 2.48. The van der Waals surface area contributed by atoms with E-state index < -0.39 is 25.4 Å². The summed E-state index contributed by atoms with van der Waals surface area (Å²) in [5.74, 6) is 0.00282. The Hall–Kier alpha value is -3.34. The Kier molecular flexibility index (Phi) is 12.0. The van der Waals surface area contributed by atoms with Crippen molar-refractivity contribution in [1.82, 2.24) is 0 Å². The Labute approximate surface area is 294 Å². The van der Waals surface area contributed by atoms with Crippen molar-refractivity contribution in [3.05, 3.63) is 89.0 Å². The number of hydrogen-bond donors (Lipinski definition) is 1. The van der Waals surface area contributed by atoms with E-state index in [1.807, 2.05) is 0 Å². The zero-order valence-corrected chi connectivity index (χ0v) is 31.6. The molecule has 0 aromatic heterocycles. The van der Waals surface area contributed by atoms with Crippen LogP contribution in [0.4, 0.5) is 11.4 Å². The number of ketones is 1. The van der Waals surface area contributed by atoms with Gasteiger partial charge in [0.15, 0.2) is 15.5 Å². The fourth-order valence-electron chi connectivity index (χ4n) is 7.08. The van der Waals surface area contributed by atoms with Crippen LogP contribution in [0, 0.1) is 6.92 Å². The Bertz CT molecular complexity index is 1900. The average molecular weight is 710 g/mol. The van der Waals surface area contributed by atoms with Crippen molar-refractivity contribution < 1.29 is 30.8 Å². The second-order valence-electron chi connectivity index (χ2n) is 14.4. The standard InChI is InChI=1S/C39H52N2O6S2/c1-8-10-24-40-34-22-20-29(3)27-32(34)38(4,5)36(40)18-14-19-37-39(6,7)33-28-31(49(45,46)47)21-23-35(33)41(37)25-13-11-12-16-30(42)17-15-26-48(43,44)9-2/h9,14,18-23,27-28H,2,8,10-13,15-17,24-26H2,1,3-7H3/p+1. The fraction of sp³-hybridized carbons (Fsp3) is 0.487. The van der Waals surface area contributed by atoms with Gasteiger partial charge in [0.25, 0.3) is 10.1 Å². The summed E-state index contributed by atoms with van der Waals surface area (Å²) in [4.78, 5) is 14.7. The molecule has 0 radical (unpaired) electrons. The molecule has 0 fully saturated rings. The average Bonchev–Trinajstić information content (AvgIpc) is 3.37. The van der Waals surface area contributed by atoms with Crippen LogP contribution in [0.1, 0.15) is 103 Å². The molecule has 0 saturated carbocycles. The number of anilines is 1. The maximum absolute atomic E-state index is 12.4. The largest absolute Gasteiger partial charge is 0.344 e. The molecule has 0 atom stereocenters. The maximum atomic E-state index is 12.4. The molecule has 4 rings (SSSR count). The Morgan fingerprint density at radius 3 is 2.31 bits per heavy atom. The Morgan fingerprint density at radius 2 is 1.63 bits per heavy atom. The number of allylic oxidation sites excluding steroid dienone is 4. The van der Waals surface area contributed by atoms with E-state index in [1.165, 1.54) is 28.6 Å². The summed E-state index contributed by atoms with van der Waals surface area (Å²) < 4.78 is 59.5. The zero-order chi connectivity index (χ0) is 36.2. The summed E-state index contributed by atoms with van der Waals surface area (Å²) in [7, 11) is -7.67. The SMILES string of the molecule is C=CS(=O)(=O)CCCC(=O)CCCCC[N+]1=C(C=CC=C2N(CCCC)c3ccc(C)cc3C2(C)C)C(C)(C)c2cc(S(=O)(=O)O)ccc21. The van der Waals surface area contributed by atoms with Crippen molar-refractivity contribution in [3.63, 3.8) is 0 Å². The molecular weight excluding hydrogens is 657 g/mol. The predicted molar refractivity (Wildman–Crippen MR) is 199 cm³/mol. The summed E-state index contributed by atoms with van der Waals surface area (Å²) in [6.07, 6.45) is 11.9. The third kappa shape index (κ3) is 8.70. The van der Waals surface area contributed by atoms with Crippen molar-refractivity contribution in [2.75, 3.05) is 23.7 Å². The minimum atomic E-state index is -4.37. The van der Waals surface area contributed by atoms with Gasteiger partial charge in [-0.25, -0.2) is 8.42 Å². The van der Waals surface area contributed by atoms with E-state index in [-0.39, 0.29) is 28.3 Å². The van der Waals surface area contributed by atoms with Crippen LogP contribution in [0.2, 0.25) is 0 Å². The van der Waals surface area contributed by atoms with Gasteiger partial charge in [-0.3, -0.25) is 9.35 Å². The number of hydrogen-bond acceptors (Lipinski definition) is 6. The molecule has 2 heterocycles. The summed E-state index contributed by atoms with van der Waals surface area (Å²) in [6, 6.07) is 11.5. The van der Waals surface area contributed by atoms with Crippen molar-refractivity contribution in [1.29, 1.82) is 0 Å². The number of benzene rings is 2. The number of nitrogens with zero attached hydrogens (tertiary/aromatic N) is 2. The Balaban J connectivity index is 1.59. The molecule has 0 saturated heterocycles. The van der Waals surface area contributed by atoms with Crippen molar-refractivity contribution in [3.8, 4) is 0 Å². The summed E-state index contributed by atoms with van der Waals surface area (Å²) in [5, 5.41) is 0.938. The highest BCUT2D eigenvalue weighted by molar-refractivity contribution is 7.94. The highest BCUT2D eigenvalue weighted by atomic mass is 32.2. The second kappa shape index (κ2) is 15.3. The first-order valence-electron chi connectivity index (χ1n) is 17.4. The van der Waals surface area contributed by atoms with Crippen LogP contribution in [0.15, 0.2) is 77.2 Å². The number of carbonyl (C=O) groups is 1. The smallest absolute Gasteiger partial charge is 0.294 e. The second-order valence-corrected chi connectivity index (χ2v) is 17.9. The van der Waals surface area contributed by atoms with E-state index >= 15 is 0 Å². The van der Waals surface area contributed by atoms with E-state index in [0.717, 1.165) is 54.6 Å². The number of sulfone groups is 1. The summed E-state index contributed by atoms with van der Waals surface area (Å²) >= 11 is 0. The lowest BCUT2D eigenvalue weighted by Gasteiger charge is -2.27. The third-order valence-electron chi connectivity index (χ3n) is 9.93. The van der Waals surface area contributed by atoms with Crippen molar-refractivity contribution >= 4 is 42.8 Å². The molecule has 2 aliphatic heterocycles. The van der Waals surface area contributed by atoms with Crippen LogP contribution in [0.25, 0.3) is 0 Å². The van der Waals surface area contributed by atoms with Crippen LogP contribution in [0.3, 0.4) is 0 Å². The molecule has 1 N–H and O–H groups in total. The first-order chi connectivity index (χ1) is 22.9. The van der Waals surface area contributed by atoms with E-state index in [2.05, 4.69) is 94.0 Å². The molecule has 49 heavy (non-hydrogen) atoms. The van der Waals surface area contributed by atoms with Gasteiger partial charge < -0.3 is 4.90 Å². The molecule has 2 aliphatic rings. The zero-order valence-electron chi connectivity index (χ0n) is 30.0. The maximum Gasteiger partial charge on any atom is 0.294 e. The first-order valence-corrected chi connectivity index (χ1v) is 20.5. The molecule has 2 aromatic rings. The van der Waals surface area contributed by atoms with E-state index in [1.54, 1.807) is 12.1 Å². The fourth-order valence-corrected chi connectivity index (χ4v) is 8.30. The van der Waals surface area contributed by atoms with Crippen LogP contribution in [-0.2, 0) is 35.6 Å². The predicted octanol–water partition coefficient (Wildman–Crippen LogP) is 8.12. The normalized spacial score (nSPS) is 17.6. The van der Waals surface area contributed by atoms with Crippen molar-refractivity contribution in [2.45, 2.75) is 109 Å². The van der Waals surface area contributed by atoms with Gasteiger partial charge in [0, 0.05) is 65.7 Å². The van der Waals surface area contributed by atoms with Gasteiger partial charge in [-0.2, -0.15) is 13.0 Å². The summed E-state index contributed by atoms with van der Waals surface area (Å²) in [6.45, 7) is 17.9. The number of carbonyl (C=O) groups excluding carboxylic acids is 1. The van der Waals surface area contributed by atoms with Gasteiger partial charge in [0.05, 0.1) is 16.1 Å². The molecule has 0 aliphatic carbocycles. The van der Waals surface area contributed by atoms with Crippen LogP contribution in [-0.4, -0.2) is 56.3 Å². The highest BCUT2D eigenvalue weighted by Gasteiger charge is 2.45. The van der Waals surface area contributed by atoms with Crippen LogP contribution >= 0.6 is 0 Å². The minimum Gasteiger partial charge on any atom is -0.344 e. The number of rotatable bonds is 17. The van der Waals surface area contributed by atoms with E-state index in [9.17, 15) is 26.2 Å². The van der Waals surface area contributed by atoms with E-state index in [0.29, 0.717) is 25.8 Å². The topological polar surface area (TPSA) is 112 Å². The van der Waals surface area contributed by atoms with Crippen LogP contribution < -0.4 is 4.90 Å². The number of fused-ring (bicyclic) bond motifs is 2. The third-order valence-corrected chi connectivity index (χ3v) is 12.1. The Morgan fingerprint density at radius 1 is 0.918 bits per heavy atom. The summed E-state index contributed by atoms with van der Waals surface area (Å²) in [5.41, 5.74) is 7.08. The lowest BCUT2D eigenvalue weighted by atomic mass is 9.81. The van der Waals surface area contributed by atoms with Gasteiger partial charge in [-0.1, -0.05) is 57.5 Å². The molecule has 0 bridgehead atoms. The van der Waals surface area contributed by atoms with Gasteiger partial charge in [-0.15, -0.1) is 0 Å². The minimum absolute atomic E-state index is 0.0601. The molecular formula is C39H53N2O6S2+. The van der Waals surface area contributed by atoms with E-state index in [4.69, 9.17) is 0 Å². The van der Waals surface area contributed by atoms with Gasteiger partial charge in [0.1, 0.15) is 12.3 Å². The molecule has 10 heteroatoms. The molecule has 266 valence electrons. The molecule has 0 spiro atoms. The van der Waals surface area contributed by atoms with Crippen LogP contribution in [0.5, 0.6) is 0 Å². The number of unbranched alkanes of at least 4 members (excludes halogenated alkanes) is 3. The quantitative estimate of drug-likeness (QED) is 0.100. The molecule has 0 amide bonds. The number of aryl methyl sites for hydroxylation is 1. The number of Topliss-reactive ketones (excluding diaryl/α,β-unsaturated/α-hetero) is 1. The van der Waals surface area contributed by atoms with Crippen molar-refractivity contribution in [2.24, 2.45) is 0 Å². The lowest BCUT2D eigenvalue weighted by Crippen LogP contribution is -2.28.